The van der Waals surface area contributed by atoms with Crippen molar-refractivity contribution in [2.24, 2.45) is 5.41 Å². The van der Waals surface area contributed by atoms with Crippen molar-refractivity contribution in [1.29, 1.82) is 0 Å². The Labute approximate surface area is 172 Å². The molecule has 2 aromatic carbocycles. The first-order valence-electron chi connectivity index (χ1n) is 10.9. The van der Waals surface area contributed by atoms with Crippen LogP contribution in [0.1, 0.15) is 54.1 Å². The monoisotopic (exact) mass is 390 g/mol. The summed E-state index contributed by atoms with van der Waals surface area (Å²) in [6, 6.07) is 20.2. The third kappa shape index (κ3) is 3.19. The van der Waals surface area contributed by atoms with Gasteiger partial charge in [-0.3, -0.25) is 4.90 Å². The van der Waals surface area contributed by atoms with Gasteiger partial charge >= 0.3 is 5.97 Å². The first kappa shape index (κ1) is 18.8. The summed E-state index contributed by atoms with van der Waals surface area (Å²) in [7, 11) is 0. The first-order chi connectivity index (χ1) is 14.1. The molecule has 0 aromatic heterocycles. The van der Waals surface area contributed by atoms with Gasteiger partial charge in [-0.25, -0.2) is 4.79 Å². The molecule has 3 aliphatic rings. The van der Waals surface area contributed by atoms with Crippen LogP contribution in [0.5, 0.6) is 0 Å². The molecular weight excluding hydrogens is 360 g/mol. The fraction of sp³-hybridized carbons (Fsp3) is 0.480. The van der Waals surface area contributed by atoms with Crippen molar-refractivity contribution in [3.8, 4) is 0 Å². The van der Waals surface area contributed by atoms with Crippen LogP contribution in [-0.2, 0) is 13.0 Å². The van der Waals surface area contributed by atoms with E-state index in [9.17, 15) is 9.90 Å². The lowest BCUT2D eigenvalue weighted by molar-refractivity contribution is 0.0689. The second kappa shape index (κ2) is 7.26. The Kier molecular flexibility index (Phi) is 4.72. The summed E-state index contributed by atoms with van der Waals surface area (Å²) in [4.78, 5) is 14.4. The average Bonchev–Trinajstić information content (AvgIpc) is 3.01. The number of carboxylic acid groups (broad SMARTS) is 1. The average molecular weight is 391 g/mol. The molecule has 29 heavy (non-hydrogen) atoms. The lowest BCUT2D eigenvalue weighted by atomic mass is 9.65. The number of carboxylic acids is 1. The van der Waals surface area contributed by atoms with E-state index in [1.807, 2.05) is 18.2 Å². The molecule has 1 saturated carbocycles. The summed E-state index contributed by atoms with van der Waals surface area (Å²) in [6.07, 6.45) is 5.97. The SMILES string of the molecule is C[C@@]12C[C@H]3[C@@H](Cc4ccccc4)N[C@@H]1CCC[C@@H]2N3Cc1ccccc1C(=O)O. The fourth-order valence-corrected chi connectivity index (χ4v) is 6.40. The number of likely N-dealkylation sites (tertiary alicyclic amines) is 1. The summed E-state index contributed by atoms with van der Waals surface area (Å²) in [5.74, 6) is -0.825. The second-order valence-electron chi connectivity index (χ2n) is 9.37. The molecule has 5 atom stereocenters. The molecule has 3 fully saturated rings. The molecule has 152 valence electrons. The highest BCUT2D eigenvalue weighted by atomic mass is 16.4. The van der Waals surface area contributed by atoms with Crippen LogP contribution in [0.2, 0.25) is 0 Å². The molecule has 5 rings (SSSR count). The quantitative estimate of drug-likeness (QED) is 0.807. The summed E-state index contributed by atoms with van der Waals surface area (Å²) in [6.45, 7) is 3.19. The van der Waals surface area contributed by atoms with Gasteiger partial charge < -0.3 is 10.4 Å². The summed E-state index contributed by atoms with van der Waals surface area (Å²) < 4.78 is 0. The highest BCUT2D eigenvalue weighted by Crippen LogP contribution is 2.53. The van der Waals surface area contributed by atoms with Crippen molar-refractivity contribution in [3.63, 3.8) is 0 Å². The number of benzene rings is 2. The maximum atomic E-state index is 11.8. The van der Waals surface area contributed by atoms with Crippen molar-refractivity contribution < 1.29 is 9.90 Å². The van der Waals surface area contributed by atoms with Crippen LogP contribution in [0.4, 0.5) is 0 Å². The van der Waals surface area contributed by atoms with Crippen LogP contribution in [-0.4, -0.2) is 40.1 Å². The number of hydrogen-bond acceptors (Lipinski definition) is 3. The van der Waals surface area contributed by atoms with Gasteiger partial charge in [-0.2, -0.15) is 0 Å². The highest BCUT2D eigenvalue weighted by Gasteiger charge is 2.59. The van der Waals surface area contributed by atoms with E-state index in [1.165, 1.54) is 31.2 Å². The molecule has 1 aliphatic carbocycles. The Balaban J connectivity index is 1.48. The molecule has 2 aromatic rings. The maximum absolute atomic E-state index is 11.8. The molecule has 2 saturated heterocycles. The fourth-order valence-electron chi connectivity index (χ4n) is 6.40. The van der Waals surface area contributed by atoms with Crippen molar-refractivity contribution >= 4 is 5.97 Å². The minimum Gasteiger partial charge on any atom is -0.478 e. The number of aromatic carboxylic acids is 1. The predicted octanol–water partition coefficient (Wildman–Crippen LogP) is 4.10. The van der Waals surface area contributed by atoms with Crippen LogP contribution >= 0.6 is 0 Å². The Morgan fingerprint density at radius 3 is 2.69 bits per heavy atom. The van der Waals surface area contributed by atoms with Crippen molar-refractivity contribution in [3.05, 3.63) is 71.3 Å². The van der Waals surface area contributed by atoms with Gasteiger partial charge in [0.05, 0.1) is 5.56 Å². The highest BCUT2D eigenvalue weighted by molar-refractivity contribution is 5.89. The molecule has 2 heterocycles. The van der Waals surface area contributed by atoms with Crippen LogP contribution < -0.4 is 5.32 Å². The van der Waals surface area contributed by atoms with Gasteiger partial charge in [-0.05, 0) is 48.3 Å². The molecule has 0 radical (unpaired) electrons. The topological polar surface area (TPSA) is 52.6 Å². The van der Waals surface area contributed by atoms with Gasteiger partial charge in [-0.1, -0.05) is 61.9 Å². The van der Waals surface area contributed by atoms with E-state index >= 15 is 0 Å². The zero-order chi connectivity index (χ0) is 20.0. The summed E-state index contributed by atoms with van der Waals surface area (Å²) in [5.41, 5.74) is 3.05. The number of nitrogens with one attached hydrogen (secondary N) is 1. The van der Waals surface area contributed by atoms with E-state index < -0.39 is 5.97 Å². The molecule has 4 nitrogen and oxygen atoms in total. The third-order valence-electron chi connectivity index (χ3n) is 7.78. The van der Waals surface area contributed by atoms with Crippen molar-refractivity contribution in [2.75, 3.05) is 0 Å². The standard InChI is InChI=1S/C25H30N2O2/c1-25-15-21-20(14-17-8-3-2-4-9-17)26-22(25)12-7-13-23(25)27(21)16-18-10-5-6-11-19(18)24(28)29/h2-6,8-11,20-23,26H,7,12-16H2,1H3,(H,28,29)/t20-,21+,22-,23+,25-/m1/s1. The Morgan fingerprint density at radius 1 is 1.14 bits per heavy atom. The Hall–Kier alpha value is -2.17. The Morgan fingerprint density at radius 2 is 1.90 bits per heavy atom. The summed E-state index contributed by atoms with van der Waals surface area (Å²) in [5, 5.41) is 13.7. The molecular formula is C25H30N2O2. The number of hydrogen-bond donors (Lipinski definition) is 2. The normalized spacial score (nSPS) is 33.6. The number of fused-ring (bicyclic) bond motifs is 1. The van der Waals surface area contributed by atoms with Gasteiger partial charge in [0.2, 0.25) is 0 Å². The van der Waals surface area contributed by atoms with Gasteiger partial charge in [0.1, 0.15) is 0 Å². The predicted molar refractivity (Wildman–Crippen MR) is 114 cm³/mol. The van der Waals surface area contributed by atoms with Crippen molar-refractivity contribution in [2.45, 2.75) is 69.7 Å². The lowest BCUT2D eigenvalue weighted by Gasteiger charge is -2.47. The van der Waals surface area contributed by atoms with Gasteiger partial charge in [-0.15, -0.1) is 0 Å². The van der Waals surface area contributed by atoms with Crippen molar-refractivity contribution in [1.82, 2.24) is 10.2 Å². The lowest BCUT2D eigenvalue weighted by Crippen LogP contribution is -2.58. The van der Waals surface area contributed by atoms with E-state index in [0.717, 1.165) is 18.5 Å². The molecule has 2 N–H and O–H groups in total. The minimum atomic E-state index is -0.825. The van der Waals surface area contributed by atoms with E-state index in [2.05, 4.69) is 47.5 Å². The third-order valence-corrected chi connectivity index (χ3v) is 7.78. The van der Waals surface area contributed by atoms with E-state index in [-0.39, 0.29) is 5.41 Å². The number of carbonyl (C=O) groups is 1. The zero-order valence-electron chi connectivity index (χ0n) is 17.1. The molecule has 2 bridgehead atoms. The van der Waals surface area contributed by atoms with E-state index in [0.29, 0.717) is 29.7 Å². The number of nitrogens with zero attached hydrogens (tertiary/aromatic N) is 1. The molecule has 2 aliphatic heterocycles. The van der Waals surface area contributed by atoms with Gasteiger partial charge in [0.25, 0.3) is 0 Å². The summed E-state index contributed by atoms with van der Waals surface area (Å²) >= 11 is 0. The van der Waals surface area contributed by atoms with Gasteiger partial charge in [0, 0.05) is 30.7 Å². The minimum absolute atomic E-state index is 0.286. The Bertz CT molecular complexity index is 899. The zero-order valence-corrected chi connectivity index (χ0v) is 17.1. The van der Waals surface area contributed by atoms with Gasteiger partial charge in [0.15, 0.2) is 0 Å². The van der Waals surface area contributed by atoms with Crippen LogP contribution in [0, 0.1) is 5.41 Å². The molecule has 0 spiro atoms. The van der Waals surface area contributed by atoms with E-state index in [1.54, 1.807) is 6.07 Å². The number of rotatable bonds is 5. The van der Waals surface area contributed by atoms with Crippen LogP contribution in [0.15, 0.2) is 54.6 Å². The second-order valence-corrected chi connectivity index (χ2v) is 9.37. The van der Waals surface area contributed by atoms with E-state index in [4.69, 9.17) is 0 Å². The van der Waals surface area contributed by atoms with Crippen LogP contribution in [0.25, 0.3) is 0 Å². The molecule has 4 heteroatoms. The molecule has 0 amide bonds. The smallest absolute Gasteiger partial charge is 0.336 e. The number of piperidine rings is 1. The maximum Gasteiger partial charge on any atom is 0.336 e. The van der Waals surface area contributed by atoms with Crippen LogP contribution in [0.3, 0.4) is 0 Å². The molecule has 0 unspecified atom stereocenters. The first-order valence-corrected chi connectivity index (χ1v) is 10.9. The largest absolute Gasteiger partial charge is 0.478 e.